The number of benzene rings is 3. The van der Waals surface area contributed by atoms with E-state index in [2.05, 4.69) is 20.9 Å². The highest BCUT2D eigenvalue weighted by Gasteiger charge is 2.45. The molecule has 0 spiro atoms. The van der Waals surface area contributed by atoms with Gasteiger partial charge in [-0.2, -0.15) is 13.2 Å². The number of aromatic nitrogens is 1. The number of nitrogens with zero attached hydrogens (tertiary/aromatic N) is 2. The molecule has 0 aliphatic carbocycles. The number of hydrogen-bond donors (Lipinski definition) is 0. The van der Waals surface area contributed by atoms with Crippen molar-refractivity contribution < 1.29 is 31.8 Å². The molecule has 4 aromatic rings. The predicted molar refractivity (Wildman–Crippen MR) is 170 cm³/mol. The van der Waals surface area contributed by atoms with Crippen LogP contribution in [0.1, 0.15) is 29.7 Å². The summed E-state index contributed by atoms with van der Waals surface area (Å²) in [5.41, 5.74) is -1.76. The first-order valence-corrected chi connectivity index (χ1v) is 15.9. The van der Waals surface area contributed by atoms with Crippen LogP contribution < -0.4 is 19.6 Å². The minimum atomic E-state index is -5.01. The number of carbonyl (C=O) groups is 1. The molecule has 6 nitrogen and oxygen atoms in total. The zero-order chi connectivity index (χ0) is 31.8. The lowest BCUT2D eigenvalue weighted by Crippen LogP contribution is -2.41. The molecule has 0 unspecified atom stereocenters. The molecule has 0 N–H and O–H groups in total. The van der Waals surface area contributed by atoms with Gasteiger partial charge in [0.15, 0.2) is 10.5 Å². The van der Waals surface area contributed by atoms with Gasteiger partial charge in [0.1, 0.15) is 18.2 Å². The topological polar surface area (TPSA) is 69.9 Å². The van der Waals surface area contributed by atoms with Gasteiger partial charge in [0.2, 0.25) is 0 Å². The van der Waals surface area contributed by atoms with Crippen LogP contribution >= 0.6 is 61.5 Å². The summed E-state index contributed by atoms with van der Waals surface area (Å²) in [7, 11) is 0. The molecule has 1 aromatic heterocycles. The average molecular weight is 822 g/mol. The highest BCUT2D eigenvalue weighted by molar-refractivity contribution is 14.1. The zero-order valence-electron chi connectivity index (χ0n) is 22.4. The molecule has 0 saturated heterocycles. The van der Waals surface area contributed by atoms with Gasteiger partial charge in [-0.05, 0) is 93.0 Å². The Kier molecular flexibility index (Phi) is 9.68. The predicted octanol–water partition coefficient (Wildman–Crippen LogP) is 7.08. The van der Waals surface area contributed by atoms with E-state index in [0.29, 0.717) is 29.9 Å². The van der Waals surface area contributed by atoms with Gasteiger partial charge in [0.05, 0.1) is 30.8 Å². The van der Waals surface area contributed by atoms with E-state index in [9.17, 15) is 27.2 Å². The smallest absolute Gasteiger partial charge is 0.434 e. The van der Waals surface area contributed by atoms with E-state index in [1.54, 1.807) is 30.3 Å². The van der Waals surface area contributed by atoms with Gasteiger partial charge in [-0.25, -0.2) is 14.2 Å². The number of carbonyl (C=O) groups excluding carboxylic acids is 1. The first-order chi connectivity index (χ1) is 20.9. The maximum Gasteiger partial charge on any atom is 0.434 e. The third kappa shape index (κ3) is 6.65. The van der Waals surface area contributed by atoms with E-state index in [4.69, 9.17) is 21.1 Å². The van der Waals surface area contributed by atoms with Crippen LogP contribution in [0, 0.1) is 9.39 Å². The average Bonchev–Trinajstić information content (AvgIpc) is 3.27. The number of esters is 1. The van der Waals surface area contributed by atoms with Crippen molar-refractivity contribution in [2.24, 2.45) is 4.99 Å². The van der Waals surface area contributed by atoms with Gasteiger partial charge in [-0.3, -0.25) is 9.36 Å². The maximum absolute atomic E-state index is 14.3. The molecule has 1 aliphatic heterocycles. The fraction of sp³-hybridized carbons (Fsp3) is 0.167. The molecule has 5 rings (SSSR count). The number of fused-ring (bicyclic) bond motifs is 1. The molecule has 1 aliphatic rings. The zero-order valence-corrected chi connectivity index (χ0v) is 27.7. The first-order valence-electron chi connectivity index (χ1n) is 12.8. The van der Waals surface area contributed by atoms with Crippen molar-refractivity contribution in [2.45, 2.75) is 25.7 Å². The molecule has 0 bridgehead atoms. The molecule has 1 atom stereocenters. The monoisotopic (exact) mass is 820 g/mol. The SMILES string of the molecule is CCOC(=O)C1=C(C(F)(F)F)N=c2s/c(=C\c3cc(Br)c(OCc4ccccc4F)c(I)c3)c(=O)n2[C@H]1c1ccc(Cl)cc1. The number of alkyl halides is 3. The molecule has 0 radical (unpaired) electrons. The largest absolute Gasteiger partial charge is 0.486 e. The van der Waals surface area contributed by atoms with Gasteiger partial charge >= 0.3 is 12.1 Å². The first kappa shape index (κ1) is 32.4. The van der Waals surface area contributed by atoms with Crippen molar-refractivity contribution >= 4 is 73.5 Å². The number of halogens is 7. The molecule has 14 heteroatoms. The summed E-state index contributed by atoms with van der Waals surface area (Å²) >= 11 is 12.3. The lowest BCUT2D eigenvalue weighted by molar-refractivity contribution is -0.140. The van der Waals surface area contributed by atoms with E-state index in [-0.39, 0.29) is 28.1 Å². The lowest BCUT2D eigenvalue weighted by atomic mass is 9.95. The van der Waals surface area contributed by atoms with Crippen LogP contribution in [0.15, 0.2) is 86.2 Å². The van der Waals surface area contributed by atoms with Crippen LogP contribution in [0.5, 0.6) is 5.75 Å². The summed E-state index contributed by atoms with van der Waals surface area (Å²) in [5, 5.41) is 0.320. The van der Waals surface area contributed by atoms with Crippen LogP contribution in [-0.4, -0.2) is 23.3 Å². The second kappa shape index (κ2) is 13.2. The third-order valence-corrected chi connectivity index (χ3v) is 9.05. The number of allylic oxidation sites excluding steroid dienone is 1. The summed E-state index contributed by atoms with van der Waals surface area (Å²) in [4.78, 5) is 30.3. The van der Waals surface area contributed by atoms with Crippen LogP contribution in [0.3, 0.4) is 0 Å². The number of thiazole rings is 1. The second-order valence-corrected chi connectivity index (χ2v) is 12.8. The molecular weight excluding hydrogens is 803 g/mol. The van der Waals surface area contributed by atoms with E-state index >= 15 is 0 Å². The van der Waals surface area contributed by atoms with Crippen molar-refractivity contribution in [3.8, 4) is 5.75 Å². The Morgan fingerprint density at radius 2 is 1.89 bits per heavy atom. The van der Waals surface area contributed by atoms with E-state index in [0.717, 1.165) is 15.9 Å². The quantitative estimate of drug-likeness (QED) is 0.114. The van der Waals surface area contributed by atoms with Crippen molar-refractivity contribution in [2.75, 3.05) is 6.61 Å². The van der Waals surface area contributed by atoms with Crippen molar-refractivity contribution in [1.82, 2.24) is 4.57 Å². The van der Waals surface area contributed by atoms with Crippen molar-refractivity contribution in [3.05, 3.63) is 127 Å². The fourth-order valence-corrected chi connectivity index (χ4v) is 7.41. The number of rotatable bonds is 7. The van der Waals surface area contributed by atoms with Crippen molar-refractivity contribution in [3.63, 3.8) is 0 Å². The Labute approximate surface area is 278 Å². The van der Waals surface area contributed by atoms with E-state index in [1.165, 1.54) is 43.3 Å². The van der Waals surface area contributed by atoms with Gasteiger partial charge in [0.25, 0.3) is 5.56 Å². The summed E-state index contributed by atoms with van der Waals surface area (Å²) < 4.78 is 70.1. The minimum Gasteiger partial charge on any atom is -0.486 e. The molecule has 0 amide bonds. The summed E-state index contributed by atoms with van der Waals surface area (Å²) in [5.74, 6) is -1.19. The normalized spacial score (nSPS) is 15.2. The third-order valence-electron chi connectivity index (χ3n) is 6.43. The summed E-state index contributed by atoms with van der Waals surface area (Å²) in [6.07, 6.45) is -3.50. The minimum absolute atomic E-state index is 0.0196. The standard InChI is InChI=1S/C30H19BrClF4IN2O4S/c1-2-42-28(41)23-24(16-7-9-18(32)10-8-16)39-27(40)22(44-29(39)38-26(23)30(34,35)36)13-15-11-19(31)25(21(37)12-15)43-14-17-5-3-4-6-20(17)33/h3-13,24H,2,14H2,1H3/b22-13-/t24-/m0/s1. The molecule has 228 valence electrons. The number of ether oxygens (including phenoxy) is 2. The Morgan fingerprint density at radius 1 is 1.18 bits per heavy atom. The van der Waals surface area contributed by atoms with Crippen LogP contribution in [0.2, 0.25) is 5.02 Å². The van der Waals surface area contributed by atoms with Gasteiger partial charge in [-0.15, -0.1) is 0 Å². The Morgan fingerprint density at radius 3 is 2.52 bits per heavy atom. The maximum atomic E-state index is 14.3. The van der Waals surface area contributed by atoms with Crippen LogP contribution in [0.25, 0.3) is 6.08 Å². The van der Waals surface area contributed by atoms with Gasteiger partial charge < -0.3 is 9.47 Å². The molecule has 3 aromatic carbocycles. The fourth-order valence-electron chi connectivity index (χ4n) is 4.52. The van der Waals surface area contributed by atoms with Gasteiger partial charge in [0, 0.05) is 10.6 Å². The molecule has 0 saturated carbocycles. The van der Waals surface area contributed by atoms with E-state index < -0.39 is 40.8 Å². The molecular formula is C30H19BrClF4IN2O4S. The molecule has 2 heterocycles. The number of hydrogen-bond acceptors (Lipinski definition) is 6. The molecule has 44 heavy (non-hydrogen) atoms. The summed E-state index contributed by atoms with van der Waals surface area (Å²) in [6, 6.07) is 13.9. The van der Waals surface area contributed by atoms with Gasteiger partial charge in [-0.1, -0.05) is 53.3 Å². The van der Waals surface area contributed by atoms with Crippen LogP contribution in [0.4, 0.5) is 17.6 Å². The highest BCUT2D eigenvalue weighted by Crippen LogP contribution is 2.38. The Hall–Kier alpha value is -3.01. The Bertz CT molecular complexity index is 1950. The van der Waals surface area contributed by atoms with E-state index in [1.807, 2.05) is 22.6 Å². The lowest BCUT2D eigenvalue weighted by Gasteiger charge is -2.26. The highest BCUT2D eigenvalue weighted by atomic mass is 127. The Balaban J connectivity index is 1.63. The van der Waals surface area contributed by atoms with Crippen LogP contribution in [-0.2, 0) is 16.1 Å². The summed E-state index contributed by atoms with van der Waals surface area (Å²) in [6.45, 7) is 1.26. The van der Waals surface area contributed by atoms with Crippen molar-refractivity contribution in [1.29, 1.82) is 0 Å². The second-order valence-electron chi connectivity index (χ2n) is 9.31. The molecule has 0 fully saturated rings.